The maximum absolute atomic E-state index is 13.0. The van der Waals surface area contributed by atoms with Crippen LogP contribution in [0.1, 0.15) is 28.8 Å². The fraction of sp³-hybridized carbons (Fsp3) is 0.378. The highest BCUT2D eigenvalue weighted by atomic mass is 16.6. The van der Waals surface area contributed by atoms with E-state index in [0.29, 0.717) is 58.5 Å². The van der Waals surface area contributed by atoms with Gasteiger partial charge < -0.3 is 33.8 Å². The predicted octanol–water partition coefficient (Wildman–Crippen LogP) is 6.02. The first kappa shape index (κ1) is 38.0. The van der Waals surface area contributed by atoms with Crippen LogP contribution in [-0.4, -0.2) is 110 Å². The Labute approximate surface area is 334 Å². The third kappa shape index (κ3) is 9.23. The van der Waals surface area contributed by atoms with Crippen LogP contribution in [0.5, 0.6) is 11.8 Å². The number of aromatic nitrogens is 2. The van der Waals surface area contributed by atoms with Crippen molar-refractivity contribution in [3.8, 4) is 11.8 Å². The number of hydrogen-bond donors (Lipinski definition) is 0. The van der Waals surface area contributed by atoms with Gasteiger partial charge in [0, 0.05) is 82.0 Å². The molecule has 4 aromatic carbocycles. The first-order chi connectivity index (χ1) is 27.9. The molecule has 0 spiro atoms. The number of carbonyl (C=O) groups is 2. The molecule has 0 bridgehead atoms. The summed E-state index contributed by atoms with van der Waals surface area (Å²) >= 11 is 0. The number of amides is 2. The maximum atomic E-state index is 13.0. The average molecular weight is 770 g/mol. The second-order valence-electron chi connectivity index (χ2n) is 15.4. The normalized spacial score (nSPS) is 17.0. The topological polar surface area (TPSA) is 104 Å². The van der Waals surface area contributed by atoms with E-state index < -0.39 is 0 Å². The van der Waals surface area contributed by atoms with Crippen LogP contribution in [0.15, 0.2) is 97.1 Å². The Bertz CT molecular complexity index is 2160. The Hall–Kier alpha value is -5.88. The van der Waals surface area contributed by atoms with Crippen molar-refractivity contribution in [3.05, 3.63) is 119 Å². The number of likely N-dealkylation sites (N-methyl/N-ethyl adjacent to an activating group) is 1. The first-order valence-electron chi connectivity index (χ1n) is 20.0. The highest BCUT2D eigenvalue weighted by Crippen LogP contribution is 2.37. The third-order valence-electron chi connectivity index (χ3n) is 11.1. The van der Waals surface area contributed by atoms with Crippen molar-refractivity contribution < 1.29 is 23.8 Å². The summed E-state index contributed by atoms with van der Waals surface area (Å²) in [4.78, 5) is 45.8. The Morgan fingerprint density at radius 3 is 2.25 bits per heavy atom. The molecule has 1 atom stereocenters. The lowest BCUT2D eigenvalue weighted by atomic mass is 10.0. The van der Waals surface area contributed by atoms with Gasteiger partial charge in [-0.25, -0.2) is 4.79 Å². The van der Waals surface area contributed by atoms with Crippen LogP contribution in [0, 0.1) is 5.92 Å². The number of piperazine rings is 1. The first-order valence-corrected chi connectivity index (χ1v) is 20.0. The molecule has 12 nitrogen and oxygen atoms in total. The van der Waals surface area contributed by atoms with Gasteiger partial charge in [-0.15, -0.1) is 0 Å². The molecule has 1 aromatic heterocycles. The average Bonchev–Trinajstić information content (AvgIpc) is 3.71. The Morgan fingerprint density at radius 2 is 1.49 bits per heavy atom. The summed E-state index contributed by atoms with van der Waals surface area (Å²) in [5, 5.41) is 2.28. The van der Waals surface area contributed by atoms with Crippen molar-refractivity contribution in [2.45, 2.75) is 32.6 Å². The summed E-state index contributed by atoms with van der Waals surface area (Å²) in [6, 6.07) is 33.1. The number of hydrogen-bond acceptors (Lipinski definition) is 10. The fourth-order valence-electron chi connectivity index (χ4n) is 7.90. The van der Waals surface area contributed by atoms with Crippen molar-refractivity contribution in [2.75, 3.05) is 82.9 Å². The number of rotatable bonds is 12. The Kier molecular flexibility index (Phi) is 11.7. The molecule has 12 heteroatoms. The zero-order valence-corrected chi connectivity index (χ0v) is 32.9. The highest BCUT2D eigenvalue weighted by Gasteiger charge is 2.31. The van der Waals surface area contributed by atoms with E-state index >= 15 is 0 Å². The number of likely N-dealkylation sites (tertiary alicyclic amines) is 1. The molecule has 1 unspecified atom stereocenters. The monoisotopic (exact) mass is 769 g/mol. The fourth-order valence-corrected chi connectivity index (χ4v) is 7.90. The van der Waals surface area contributed by atoms with Gasteiger partial charge in [-0.05, 0) is 42.0 Å². The number of anilines is 2. The minimum absolute atomic E-state index is 0.106. The number of carbonyl (C=O) groups excluding carboxylic acids is 2. The van der Waals surface area contributed by atoms with E-state index in [9.17, 15) is 9.59 Å². The number of ether oxygens (including phenoxy) is 3. The molecule has 0 aliphatic carbocycles. The quantitative estimate of drug-likeness (QED) is 0.150. The van der Waals surface area contributed by atoms with Gasteiger partial charge in [0.25, 0.3) is 0 Å². The molecule has 3 aliphatic rings. The molecule has 5 aromatic rings. The van der Waals surface area contributed by atoms with E-state index in [-0.39, 0.29) is 24.5 Å². The van der Waals surface area contributed by atoms with Crippen molar-refractivity contribution >= 4 is 34.3 Å². The zero-order valence-electron chi connectivity index (χ0n) is 32.9. The lowest BCUT2D eigenvalue weighted by molar-refractivity contribution is -0.129. The highest BCUT2D eigenvalue weighted by molar-refractivity contribution is 5.96. The van der Waals surface area contributed by atoms with Crippen molar-refractivity contribution in [1.29, 1.82) is 0 Å². The van der Waals surface area contributed by atoms with Crippen LogP contribution in [0.3, 0.4) is 0 Å². The molecule has 57 heavy (non-hydrogen) atoms. The molecular formula is C45H51N7O5. The molecule has 0 saturated carbocycles. The largest absolute Gasteiger partial charge is 0.489 e. The van der Waals surface area contributed by atoms with Gasteiger partial charge in [0.05, 0.1) is 25.4 Å². The van der Waals surface area contributed by atoms with Gasteiger partial charge in [-0.2, -0.15) is 9.97 Å². The molecule has 8 rings (SSSR count). The summed E-state index contributed by atoms with van der Waals surface area (Å²) in [6.45, 7) is 6.95. The van der Waals surface area contributed by atoms with Crippen molar-refractivity contribution in [2.24, 2.45) is 5.92 Å². The molecule has 0 N–H and O–H groups in total. The lowest BCUT2D eigenvalue weighted by Crippen LogP contribution is -2.49. The second-order valence-corrected chi connectivity index (χ2v) is 15.4. The van der Waals surface area contributed by atoms with Crippen molar-refractivity contribution in [1.82, 2.24) is 24.7 Å². The number of benzene rings is 4. The van der Waals surface area contributed by atoms with Gasteiger partial charge in [0.1, 0.15) is 24.8 Å². The van der Waals surface area contributed by atoms with E-state index in [4.69, 9.17) is 24.2 Å². The summed E-state index contributed by atoms with van der Waals surface area (Å²) in [6.07, 6.45) is 1.40. The molecular weight excluding hydrogens is 719 g/mol. The zero-order chi connectivity index (χ0) is 39.1. The summed E-state index contributed by atoms with van der Waals surface area (Å²) in [7, 11) is 3.59. The molecule has 296 valence electrons. The maximum Gasteiger partial charge on any atom is 0.410 e. The van der Waals surface area contributed by atoms with E-state index in [2.05, 4.69) is 63.2 Å². The number of fused-ring (bicyclic) bond motifs is 2. The van der Waals surface area contributed by atoms with Gasteiger partial charge in [-0.1, -0.05) is 84.9 Å². The van der Waals surface area contributed by atoms with Crippen LogP contribution >= 0.6 is 0 Å². The third-order valence-corrected chi connectivity index (χ3v) is 11.1. The van der Waals surface area contributed by atoms with Gasteiger partial charge >= 0.3 is 12.1 Å². The van der Waals surface area contributed by atoms with Gasteiger partial charge in [-0.3, -0.25) is 9.69 Å². The molecule has 2 saturated heterocycles. The lowest BCUT2D eigenvalue weighted by Gasteiger charge is -2.38. The van der Waals surface area contributed by atoms with Crippen LogP contribution < -0.4 is 19.3 Å². The van der Waals surface area contributed by atoms with Crippen LogP contribution in [0.4, 0.5) is 16.3 Å². The minimum atomic E-state index is -0.303. The van der Waals surface area contributed by atoms with E-state index in [1.54, 1.807) is 23.9 Å². The minimum Gasteiger partial charge on any atom is -0.489 e. The summed E-state index contributed by atoms with van der Waals surface area (Å²) in [5.74, 6) is 2.08. The van der Waals surface area contributed by atoms with E-state index in [0.717, 1.165) is 82.9 Å². The smallest absolute Gasteiger partial charge is 0.410 e. The predicted molar refractivity (Wildman–Crippen MR) is 221 cm³/mol. The Balaban J connectivity index is 1.01. The standard InChI is InChI=1S/C45H51N7O5/c1-48(2)42(53)29-49-19-17-35(27-49)32-56-44-46-40-28-52(41-26-37(25-36-15-9-10-16-38(36)41)55-30-33-11-5-3-6-12-33)20-18-39(40)43(47-44)50-21-23-51(24-22-50)45(54)57-31-34-13-7-4-8-14-34/h3-16,25-26,35H,17-24,27-32H2,1-2H3. The van der Waals surface area contributed by atoms with Crippen molar-refractivity contribution in [3.63, 3.8) is 0 Å². The molecule has 2 fully saturated rings. The Morgan fingerprint density at radius 1 is 0.772 bits per heavy atom. The van der Waals surface area contributed by atoms with Crippen LogP contribution in [0.2, 0.25) is 0 Å². The molecule has 3 aliphatic heterocycles. The van der Waals surface area contributed by atoms with Gasteiger partial charge in [0.2, 0.25) is 5.91 Å². The molecule has 4 heterocycles. The van der Waals surface area contributed by atoms with Crippen LogP contribution in [0.25, 0.3) is 10.8 Å². The molecule has 0 radical (unpaired) electrons. The summed E-state index contributed by atoms with van der Waals surface area (Å²) < 4.78 is 18.4. The SMILES string of the molecule is CN(C)C(=O)CN1CCC(COc2nc3c(c(N4CCN(C(=O)OCc5ccccc5)CC4)n2)CCN(c2cc(OCc4ccccc4)cc4ccccc24)C3)C1. The second kappa shape index (κ2) is 17.5. The van der Waals surface area contributed by atoms with E-state index in [1.807, 2.05) is 48.5 Å². The number of nitrogens with zero attached hydrogens (tertiary/aromatic N) is 7. The van der Waals surface area contributed by atoms with Gasteiger partial charge in [0.15, 0.2) is 0 Å². The van der Waals surface area contributed by atoms with Crippen LogP contribution in [-0.2, 0) is 35.7 Å². The summed E-state index contributed by atoms with van der Waals surface area (Å²) in [5.41, 5.74) is 5.24. The molecule has 2 amide bonds. The van der Waals surface area contributed by atoms with E-state index in [1.165, 1.54) is 0 Å².